The number of fused-ring (bicyclic) bond motifs is 1. The van der Waals surface area contributed by atoms with Crippen LogP contribution < -0.4 is 0 Å². The molecule has 0 bridgehead atoms. The molecule has 2 aromatic carbocycles. The SMILES string of the molecule is Oc1[nH]c2ccc(F)cc2c1C=Nc1ccc(C(F)(F)F)cc1. The summed E-state index contributed by atoms with van der Waals surface area (Å²) in [5, 5.41) is 10.3. The summed E-state index contributed by atoms with van der Waals surface area (Å²) in [5.41, 5.74) is 0.300. The average Bonchev–Trinajstić information content (AvgIpc) is 2.79. The quantitative estimate of drug-likeness (QED) is 0.517. The number of benzene rings is 2. The fraction of sp³-hybridized carbons (Fsp3) is 0.0625. The van der Waals surface area contributed by atoms with E-state index >= 15 is 0 Å². The third-order valence-electron chi connectivity index (χ3n) is 3.32. The normalized spacial score (nSPS) is 12.3. The van der Waals surface area contributed by atoms with Crippen LogP contribution in [0, 0.1) is 5.82 Å². The van der Waals surface area contributed by atoms with Crippen molar-refractivity contribution < 1.29 is 22.7 Å². The molecule has 3 aromatic rings. The minimum absolute atomic E-state index is 0.193. The molecule has 0 spiro atoms. The predicted molar refractivity (Wildman–Crippen MR) is 78.6 cm³/mol. The lowest BCUT2D eigenvalue weighted by molar-refractivity contribution is -0.137. The molecule has 0 saturated carbocycles. The van der Waals surface area contributed by atoms with Gasteiger partial charge in [-0.25, -0.2) is 4.39 Å². The number of H-pyrrole nitrogens is 1. The fourth-order valence-corrected chi connectivity index (χ4v) is 2.18. The molecule has 0 aliphatic carbocycles. The van der Waals surface area contributed by atoms with E-state index in [4.69, 9.17) is 0 Å². The molecule has 2 N–H and O–H groups in total. The zero-order chi connectivity index (χ0) is 16.6. The number of aliphatic imine (C=N–C) groups is 1. The summed E-state index contributed by atoms with van der Waals surface area (Å²) >= 11 is 0. The summed E-state index contributed by atoms with van der Waals surface area (Å²) in [6.07, 6.45) is -3.13. The first-order chi connectivity index (χ1) is 10.8. The molecule has 0 saturated heterocycles. The maximum Gasteiger partial charge on any atom is 0.416 e. The molecule has 3 nitrogen and oxygen atoms in total. The molecular formula is C16H10F4N2O. The van der Waals surface area contributed by atoms with E-state index in [1.807, 2.05) is 0 Å². The van der Waals surface area contributed by atoms with Crippen molar-refractivity contribution in [2.45, 2.75) is 6.18 Å². The molecule has 1 aromatic heterocycles. The molecule has 23 heavy (non-hydrogen) atoms. The lowest BCUT2D eigenvalue weighted by Crippen LogP contribution is -2.03. The van der Waals surface area contributed by atoms with Crippen LogP contribution in [-0.2, 0) is 6.18 Å². The van der Waals surface area contributed by atoms with Crippen LogP contribution in [0.25, 0.3) is 10.9 Å². The van der Waals surface area contributed by atoms with Gasteiger partial charge in [-0.05, 0) is 42.5 Å². The van der Waals surface area contributed by atoms with Crippen molar-refractivity contribution in [1.82, 2.24) is 4.98 Å². The Morgan fingerprint density at radius 3 is 2.39 bits per heavy atom. The number of nitrogens with zero attached hydrogens (tertiary/aromatic N) is 1. The minimum Gasteiger partial charge on any atom is -0.494 e. The Morgan fingerprint density at radius 2 is 1.74 bits per heavy atom. The monoisotopic (exact) mass is 322 g/mol. The molecule has 0 aliphatic heterocycles. The zero-order valence-electron chi connectivity index (χ0n) is 11.5. The Labute approximate surface area is 127 Å². The van der Waals surface area contributed by atoms with Gasteiger partial charge in [0.05, 0.1) is 16.8 Å². The number of hydrogen-bond acceptors (Lipinski definition) is 2. The van der Waals surface area contributed by atoms with Gasteiger partial charge in [-0.3, -0.25) is 4.99 Å². The highest BCUT2D eigenvalue weighted by molar-refractivity contribution is 6.02. The number of aromatic hydroxyl groups is 1. The third-order valence-corrected chi connectivity index (χ3v) is 3.32. The minimum atomic E-state index is -4.41. The van der Waals surface area contributed by atoms with E-state index in [1.165, 1.54) is 36.5 Å². The first-order valence-corrected chi connectivity index (χ1v) is 6.56. The summed E-state index contributed by atoms with van der Waals surface area (Å²) < 4.78 is 50.7. The van der Waals surface area contributed by atoms with Crippen molar-refractivity contribution in [3.63, 3.8) is 0 Å². The number of alkyl halides is 3. The topological polar surface area (TPSA) is 48.4 Å². The van der Waals surface area contributed by atoms with E-state index in [-0.39, 0.29) is 17.1 Å². The Morgan fingerprint density at radius 1 is 1.04 bits per heavy atom. The second-order valence-electron chi connectivity index (χ2n) is 4.88. The van der Waals surface area contributed by atoms with Gasteiger partial charge in [0.1, 0.15) is 5.82 Å². The van der Waals surface area contributed by atoms with Gasteiger partial charge in [0, 0.05) is 17.1 Å². The lowest BCUT2D eigenvalue weighted by Gasteiger charge is -2.05. The van der Waals surface area contributed by atoms with Crippen LogP contribution in [-0.4, -0.2) is 16.3 Å². The highest BCUT2D eigenvalue weighted by atomic mass is 19.4. The molecule has 0 atom stereocenters. The van der Waals surface area contributed by atoms with Crippen molar-refractivity contribution in [3.8, 4) is 5.88 Å². The van der Waals surface area contributed by atoms with E-state index in [0.717, 1.165) is 12.1 Å². The van der Waals surface area contributed by atoms with Crippen LogP contribution in [0.2, 0.25) is 0 Å². The maximum absolute atomic E-state index is 13.3. The van der Waals surface area contributed by atoms with Crippen molar-refractivity contribution in [3.05, 3.63) is 59.4 Å². The van der Waals surface area contributed by atoms with Crippen LogP contribution in [0.1, 0.15) is 11.1 Å². The van der Waals surface area contributed by atoms with Gasteiger partial charge in [-0.1, -0.05) is 0 Å². The van der Waals surface area contributed by atoms with Crippen LogP contribution in [0.15, 0.2) is 47.5 Å². The van der Waals surface area contributed by atoms with Gasteiger partial charge in [0.2, 0.25) is 0 Å². The Balaban J connectivity index is 1.94. The molecule has 3 rings (SSSR count). The molecule has 0 amide bonds. The molecule has 0 unspecified atom stereocenters. The second-order valence-corrected chi connectivity index (χ2v) is 4.88. The summed E-state index contributed by atoms with van der Waals surface area (Å²) in [4.78, 5) is 6.69. The second kappa shape index (κ2) is 5.42. The van der Waals surface area contributed by atoms with Crippen molar-refractivity contribution in [2.75, 3.05) is 0 Å². The van der Waals surface area contributed by atoms with Crippen LogP contribution in [0.3, 0.4) is 0 Å². The molecule has 118 valence electrons. The van der Waals surface area contributed by atoms with E-state index in [1.54, 1.807) is 0 Å². The number of nitrogens with one attached hydrogen (secondary N) is 1. The van der Waals surface area contributed by atoms with E-state index in [2.05, 4.69) is 9.98 Å². The summed E-state index contributed by atoms with van der Waals surface area (Å²) in [7, 11) is 0. The lowest BCUT2D eigenvalue weighted by atomic mass is 10.1. The molecule has 0 aliphatic rings. The van der Waals surface area contributed by atoms with Crippen LogP contribution >= 0.6 is 0 Å². The van der Waals surface area contributed by atoms with Gasteiger partial charge < -0.3 is 10.1 Å². The average molecular weight is 322 g/mol. The van der Waals surface area contributed by atoms with Crippen molar-refractivity contribution >= 4 is 22.8 Å². The molecule has 0 radical (unpaired) electrons. The van der Waals surface area contributed by atoms with Gasteiger partial charge in [-0.2, -0.15) is 13.2 Å². The fourth-order valence-electron chi connectivity index (χ4n) is 2.18. The van der Waals surface area contributed by atoms with E-state index < -0.39 is 17.6 Å². The predicted octanol–water partition coefficient (Wildman–Crippen LogP) is 4.78. The molecule has 7 heteroatoms. The smallest absolute Gasteiger partial charge is 0.416 e. The number of rotatable bonds is 2. The summed E-state index contributed by atoms with van der Waals surface area (Å²) in [5.74, 6) is -0.665. The Bertz CT molecular complexity index is 879. The summed E-state index contributed by atoms with van der Waals surface area (Å²) in [6.45, 7) is 0. The highest BCUT2D eigenvalue weighted by Crippen LogP contribution is 2.31. The standard InChI is InChI=1S/C16H10F4N2O/c17-10-3-6-14-12(7-10)13(15(23)22-14)8-21-11-4-1-9(2-5-11)16(18,19)20/h1-8,22-23H. The van der Waals surface area contributed by atoms with Gasteiger partial charge in [-0.15, -0.1) is 0 Å². The number of aromatic nitrogens is 1. The molecular weight excluding hydrogens is 312 g/mol. The zero-order valence-corrected chi connectivity index (χ0v) is 11.5. The van der Waals surface area contributed by atoms with E-state index in [9.17, 15) is 22.7 Å². The Hall–Kier alpha value is -2.83. The first-order valence-electron chi connectivity index (χ1n) is 6.56. The van der Waals surface area contributed by atoms with E-state index in [0.29, 0.717) is 10.9 Å². The third kappa shape index (κ3) is 3.03. The van der Waals surface area contributed by atoms with Crippen LogP contribution in [0.4, 0.5) is 23.2 Å². The summed E-state index contributed by atoms with van der Waals surface area (Å²) in [6, 6.07) is 8.22. The largest absolute Gasteiger partial charge is 0.494 e. The Kier molecular flexibility index (Phi) is 3.55. The maximum atomic E-state index is 13.3. The van der Waals surface area contributed by atoms with Crippen molar-refractivity contribution in [1.29, 1.82) is 0 Å². The number of aromatic amines is 1. The highest BCUT2D eigenvalue weighted by Gasteiger charge is 2.29. The van der Waals surface area contributed by atoms with Crippen LogP contribution in [0.5, 0.6) is 5.88 Å². The first kappa shape index (κ1) is 15.1. The number of halogens is 4. The number of hydrogen-bond donors (Lipinski definition) is 2. The van der Waals surface area contributed by atoms with Gasteiger partial charge in [0.25, 0.3) is 0 Å². The van der Waals surface area contributed by atoms with Crippen molar-refractivity contribution in [2.24, 2.45) is 4.99 Å². The molecule has 1 heterocycles. The van der Waals surface area contributed by atoms with Gasteiger partial charge in [0.15, 0.2) is 5.88 Å². The van der Waals surface area contributed by atoms with Gasteiger partial charge >= 0.3 is 6.18 Å². The molecule has 0 fully saturated rings.